The van der Waals surface area contributed by atoms with Crippen LogP contribution in [0.1, 0.15) is 22.7 Å². The predicted octanol–water partition coefficient (Wildman–Crippen LogP) is 6.91. The summed E-state index contributed by atoms with van der Waals surface area (Å²) in [5, 5.41) is 0.00708. The zero-order valence-corrected chi connectivity index (χ0v) is 20.4. The SMILES string of the molecule is [2H]c1nc(C(=[CH-])C2c3ccccc3SC2C=C)c([2H])c([2H])c1[2H].[Ir].[c-]1ccccc1.c1ccncc1. The van der Waals surface area contributed by atoms with Crippen molar-refractivity contribution in [1.82, 2.24) is 9.97 Å². The van der Waals surface area contributed by atoms with Crippen LogP contribution in [0, 0.1) is 12.6 Å². The summed E-state index contributed by atoms with van der Waals surface area (Å²) in [5.41, 5.74) is 1.50. The van der Waals surface area contributed by atoms with Gasteiger partial charge >= 0.3 is 0 Å². The number of aromatic nitrogens is 2. The van der Waals surface area contributed by atoms with Crippen molar-refractivity contribution in [2.45, 2.75) is 16.1 Å². The molecule has 0 amide bonds. The Bertz CT molecular complexity index is 1190. The molecule has 1 aliphatic heterocycles. The van der Waals surface area contributed by atoms with Crippen LogP contribution in [0.3, 0.4) is 0 Å². The van der Waals surface area contributed by atoms with E-state index in [9.17, 15) is 0 Å². The van der Waals surface area contributed by atoms with Crippen LogP contribution in [0.25, 0.3) is 5.57 Å². The van der Waals surface area contributed by atoms with Gasteiger partial charge in [-0.15, -0.1) is 24.4 Å². The average Bonchev–Trinajstić information content (AvgIpc) is 3.30. The minimum atomic E-state index is -0.354. The van der Waals surface area contributed by atoms with Gasteiger partial charge in [0.1, 0.15) is 0 Å². The fraction of sp³-hybridized carbons (Fsp3) is 0.0714. The molecule has 0 spiro atoms. The minimum Gasteiger partial charge on any atom is -0.351 e. The van der Waals surface area contributed by atoms with Crippen LogP contribution in [-0.2, 0) is 20.1 Å². The zero-order chi connectivity index (χ0) is 25.2. The van der Waals surface area contributed by atoms with Crippen molar-refractivity contribution in [3.63, 3.8) is 0 Å². The third-order valence-electron chi connectivity index (χ3n) is 4.33. The molecule has 2 atom stereocenters. The number of allylic oxidation sites excluding steroid dienone is 1. The first kappa shape index (κ1) is 19.9. The second kappa shape index (κ2) is 14.3. The van der Waals surface area contributed by atoms with Crippen molar-refractivity contribution in [3.8, 4) is 0 Å². The summed E-state index contributed by atoms with van der Waals surface area (Å²) in [4.78, 5) is 8.87. The van der Waals surface area contributed by atoms with Gasteiger partial charge in [0.15, 0.2) is 0 Å². The molecule has 0 bridgehead atoms. The Morgan fingerprint density at radius 3 is 2.31 bits per heavy atom. The quantitative estimate of drug-likeness (QED) is 0.185. The Balaban J connectivity index is 0.000000287. The summed E-state index contributed by atoms with van der Waals surface area (Å²) in [6.45, 7) is 10.2. The molecule has 0 fully saturated rings. The van der Waals surface area contributed by atoms with Crippen molar-refractivity contribution in [1.29, 1.82) is 0 Å². The summed E-state index contributed by atoms with van der Waals surface area (Å²) in [6, 6.07) is 25.2. The molecule has 163 valence electrons. The van der Waals surface area contributed by atoms with Gasteiger partial charge in [0.05, 0.1) is 4.11 Å². The largest absolute Gasteiger partial charge is 0.351 e. The molecule has 0 N–H and O–H groups in total. The van der Waals surface area contributed by atoms with Crippen molar-refractivity contribution < 1.29 is 25.6 Å². The van der Waals surface area contributed by atoms with Crippen LogP contribution >= 0.6 is 11.8 Å². The first-order chi connectivity index (χ1) is 17.0. The summed E-state index contributed by atoms with van der Waals surface area (Å²) in [6.07, 6.45) is 4.98. The Morgan fingerprint density at radius 1 is 1.03 bits per heavy atom. The van der Waals surface area contributed by atoms with Crippen LogP contribution in [-0.4, -0.2) is 15.2 Å². The maximum atomic E-state index is 8.05. The summed E-state index contributed by atoms with van der Waals surface area (Å²) >= 11 is 1.65. The fourth-order valence-electron chi connectivity index (χ4n) is 2.93. The maximum Gasteiger partial charge on any atom is 0.0820 e. The molecule has 2 aromatic carbocycles. The predicted molar refractivity (Wildman–Crippen MR) is 130 cm³/mol. The minimum absolute atomic E-state index is 0. The molecule has 0 saturated carbocycles. The topological polar surface area (TPSA) is 25.8 Å². The van der Waals surface area contributed by atoms with Gasteiger partial charge in [0.25, 0.3) is 0 Å². The van der Waals surface area contributed by atoms with E-state index in [4.69, 9.17) is 12.1 Å². The number of hydrogen-bond donors (Lipinski definition) is 0. The van der Waals surface area contributed by atoms with Crippen LogP contribution in [0.2, 0.25) is 0 Å². The smallest absolute Gasteiger partial charge is 0.0820 e. The van der Waals surface area contributed by atoms with Crippen molar-refractivity contribution in [2.24, 2.45) is 0 Å². The third-order valence-corrected chi connectivity index (χ3v) is 5.69. The Kier molecular flexibility index (Phi) is 8.89. The second-order valence-electron chi connectivity index (χ2n) is 6.34. The maximum absolute atomic E-state index is 8.05. The summed E-state index contributed by atoms with van der Waals surface area (Å²) < 4.78 is 31.2. The van der Waals surface area contributed by atoms with Gasteiger partial charge in [0.2, 0.25) is 0 Å². The van der Waals surface area contributed by atoms with E-state index in [0.717, 1.165) is 10.5 Å². The molecule has 3 heterocycles. The number of nitrogens with zero attached hydrogens (tertiary/aromatic N) is 2. The molecule has 0 saturated heterocycles. The standard InChI is InChI=1S/C17H14NS.C6H5.C5H5N.Ir/c1-3-15-17(12(2)14-9-6-7-11-18-14)13-8-4-5-10-16(13)19-15;2*1-2-4-6-5-3-1;/h2-11,15,17H,1H2;2*1-5H;/q2*-1;;/i6D,7D,9D,11D;;;. The number of pyridine rings is 2. The number of rotatable bonds is 3. The molecule has 0 aliphatic carbocycles. The van der Waals surface area contributed by atoms with Gasteiger partial charge in [-0.2, -0.15) is 42.0 Å². The molecule has 32 heavy (non-hydrogen) atoms. The number of thioether (sulfide) groups is 1. The molecule has 2 aromatic heterocycles. The van der Waals surface area contributed by atoms with Gasteiger partial charge < -0.3 is 4.98 Å². The van der Waals surface area contributed by atoms with Crippen LogP contribution in [0.15, 0.2) is 127 Å². The van der Waals surface area contributed by atoms with E-state index in [1.807, 2.05) is 78.9 Å². The summed E-state index contributed by atoms with van der Waals surface area (Å²) in [7, 11) is 0. The molecule has 1 aliphatic rings. The third kappa shape index (κ3) is 7.42. The molecular weight excluding hydrogens is 589 g/mol. The van der Waals surface area contributed by atoms with Gasteiger partial charge in [-0.25, -0.2) is 0 Å². The molecule has 2 unspecified atom stereocenters. The van der Waals surface area contributed by atoms with Crippen LogP contribution in [0.4, 0.5) is 0 Å². The van der Waals surface area contributed by atoms with Gasteiger partial charge in [0, 0.05) is 50.2 Å². The van der Waals surface area contributed by atoms with E-state index in [1.54, 1.807) is 24.2 Å². The Labute approximate surface area is 214 Å². The van der Waals surface area contributed by atoms with E-state index in [-0.39, 0.29) is 61.3 Å². The van der Waals surface area contributed by atoms with Gasteiger partial charge in [-0.1, -0.05) is 42.1 Å². The Morgan fingerprint density at radius 2 is 1.75 bits per heavy atom. The zero-order valence-electron chi connectivity index (χ0n) is 21.2. The number of fused-ring (bicyclic) bond motifs is 1. The van der Waals surface area contributed by atoms with E-state index >= 15 is 0 Å². The van der Waals surface area contributed by atoms with Crippen molar-refractivity contribution >= 4 is 17.3 Å². The first-order valence-corrected chi connectivity index (χ1v) is 10.5. The van der Waals surface area contributed by atoms with Gasteiger partial charge in [-0.3, -0.25) is 11.6 Å². The summed E-state index contributed by atoms with van der Waals surface area (Å²) in [5.74, 6) is -0.208. The van der Waals surface area contributed by atoms with Crippen LogP contribution in [0.5, 0.6) is 0 Å². The first-order valence-electron chi connectivity index (χ1n) is 11.7. The van der Waals surface area contributed by atoms with Gasteiger partial charge in [-0.05, 0) is 35.7 Å². The molecular formula is C28H24IrN2S-2. The average molecular weight is 617 g/mol. The van der Waals surface area contributed by atoms with Crippen molar-refractivity contribution in [2.75, 3.05) is 0 Å². The number of hydrogen-bond acceptors (Lipinski definition) is 3. The van der Waals surface area contributed by atoms with E-state index in [0.29, 0.717) is 5.57 Å². The van der Waals surface area contributed by atoms with E-state index in [2.05, 4.69) is 22.6 Å². The fourth-order valence-corrected chi connectivity index (χ4v) is 4.24. The number of benzene rings is 2. The van der Waals surface area contributed by atoms with E-state index in [1.165, 1.54) is 0 Å². The molecule has 5 rings (SSSR count). The monoisotopic (exact) mass is 617 g/mol. The molecule has 2 nitrogen and oxygen atoms in total. The Hall–Kier alpha value is -2.78. The second-order valence-corrected chi connectivity index (χ2v) is 7.56. The molecule has 1 radical (unpaired) electrons. The van der Waals surface area contributed by atoms with Crippen molar-refractivity contribution in [3.05, 3.63) is 146 Å². The normalized spacial score (nSPS) is 17.1. The van der Waals surface area contributed by atoms with E-state index < -0.39 is 0 Å². The molecule has 4 heteroatoms. The van der Waals surface area contributed by atoms with Crippen LogP contribution < -0.4 is 0 Å². The molecule has 4 aromatic rings.